The Morgan fingerprint density at radius 3 is 2.58 bits per heavy atom. The lowest BCUT2D eigenvalue weighted by atomic mass is 10.00. The number of nitrogens with one attached hydrogen (secondary N) is 1. The third kappa shape index (κ3) is 2.36. The first kappa shape index (κ1) is 14.6. The molecule has 2 amide bonds. The summed E-state index contributed by atoms with van der Waals surface area (Å²) in [6, 6.07) is 8.50. The lowest BCUT2D eigenvalue weighted by molar-refractivity contribution is 0.160. The predicted molar refractivity (Wildman–Crippen MR) is 82.7 cm³/mol. The Bertz CT molecular complexity index is 899. The van der Waals surface area contributed by atoms with Crippen LogP contribution in [0.3, 0.4) is 0 Å². The molecule has 4 rings (SSSR count). The number of halogens is 2. The van der Waals surface area contributed by atoms with Crippen molar-refractivity contribution in [2.75, 3.05) is 18.4 Å². The molecule has 3 heterocycles. The Morgan fingerprint density at radius 1 is 1.08 bits per heavy atom. The van der Waals surface area contributed by atoms with Crippen molar-refractivity contribution < 1.29 is 13.6 Å². The van der Waals surface area contributed by atoms with Gasteiger partial charge in [-0.25, -0.2) is 13.6 Å². The van der Waals surface area contributed by atoms with Gasteiger partial charge in [0.05, 0.1) is 5.92 Å². The number of rotatable bonds is 2. The van der Waals surface area contributed by atoms with E-state index < -0.39 is 23.4 Å². The molecule has 3 aromatic rings. The van der Waals surface area contributed by atoms with E-state index in [2.05, 4.69) is 15.5 Å². The van der Waals surface area contributed by atoms with Crippen LogP contribution in [0.4, 0.5) is 19.3 Å². The minimum absolute atomic E-state index is 0.0404. The van der Waals surface area contributed by atoms with E-state index in [4.69, 9.17) is 0 Å². The van der Waals surface area contributed by atoms with Crippen LogP contribution in [-0.4, -0.2) is 38.6 Å². The van der Waals surface area contributed by atoms with Crippen molar-refractivity contribution in [2.24, 2.45) is 0 Å². The minimum atomic E-state index is -0.802. The molecule has 1 aliphatic heterocycles. The maximum absolute atomic E-state index is 13.6. The van der Waals surface area contributed by atoms with Crippen LogP contribution in [0.15, 0.2) is 42.6 Å². The first-order valence-corrected chi connectivity index (χ1v) is 7.43. The number of aromatic nitrogens is 3. The third-order valence-electron chi connectivity index (χ3n) is 4.07. The van der Waals surface area contributed by atoms with E-state index in [1.54, 1.807) is 0 Å². The number of para-hydroxylation sites is 1. The third-order valence-corrected chi connectivity index (χ3v) is 4.07. The zero-order valence-electron chi connectivity index (χ0n) is 12.5. The molecule has 0 aliphatic carbocycles. The van der Waals surface area contributed by atoms with Crippen LogP contribution in [0, 0.1) is 11.6 Å². The van der Waals surface area contributed by atoms with Crippen LogP contribution >= 0.6 is 0 Å². The molecule has 6 nitrogen and oxygen atoms in total. The van der Waals surface area contributed by atoms with Gasteiger partial charge in [0.15, 0.2) is 5.65 Å². The van der Waals surface area contributed by atoms with Crippen LogP contribution in [-0.2, 0) is 0 Å². The highest BCUT2D eigenvalue weighted by atomic mass is 19.1. The number of carbonyl (C=O) groups excluding carboxylic acids is 1. The summed E-state index contributed by atoms with van der Waals surface area (Å²) in [6.07, 6.45) is 1.86. The molecule has 8 heteroatoms. The molecule has 0 radical (unpaired) electrons. The fourth-order valence-corrected chi connectivity index (χ4v) is 2.75. The molecule has 2 aromatic heterocycles. The molecular weight excluding hydrogens is 316 g/mol. The van der Waals surface area contributed by atoms with Gasteiger partial charge in [0.25, 0.3) is 0 Å². The van der Waals surface area contributed by atoms with E-state index in [1.807, 2.05) is 28.8 Å². The SMILES string of the molecule is O=C(Nc1c(F)cccc1F)N1CC(c2nnc3ccccn23)C1. The molecule has 1 aliphatic rings. The van der Waals surface area contributed by atoms with E-state index in [0.29, 0.717) is 13.1 Å². The Labute approximate surface area is 135 Å². The summed E-state index contributed by atoms with van der Waals surface area (Å²) < 4.78 is 29.0. The summed E-state index contributed by atoms with van der Waals surface area (Å²) in [7, 11) is 0. The van der Waals surface area contributed by atoms with Gasteiger partial charge in [0, 0.05) is 19.3 Å². The number of amides is 2. The van der Waals surface area contributed by atoms with Gasteiger partial charge in [-0.1, -0.05) is 12.1 Å². The highest BCUT2D eigenvalue weighted by Crippen LogP contribution is 2.27. The van der Waals surface area contributed by atoms with Crippen LogP contribution in [0.25, 0.3) is 5.65 Å². The number of urea groups is 1. The molecule has 122 valence electrons. The first-order chi connectivity index (χ1) is 11.6. The van der Waals surface area contributed by atoms with Gasteiger partial charge < -0.3 is 10.2 Å². The number of carbonyl (C=O) groups is 1. The van der Waals surface area contributed by atoms with Gasteiger partial charge in [0.1, 0.15) is 23.1 Å². The zero-order chi connectivity index (χ0) is 16.7. The topological polar surface area (TPSA) is 62.5 Å². The molecule has 0 atom stereocenters. The number of pyridine rings is 1. The van der Waals surface area contributed by atoms with Gasteiger partial charge in [-0.15, -0.1) is 10.2 Å². The summed E-state index contributed by atoms with van der Waals surface area (Å²) in [6.45, 7) is 0.829. The molecule has 0 unspecified atom stereocenters. The van der Waals surface area contributed by atoms with Gasteiger partial charge in [-0.2, -0.15) is 0 Å². The fraction of sp³-hybridized carbons (Fsp3) is 0.188. The monoisotopic (exact) mass is 329 g/mol. The molecule has 1 aromatic carbocycles. The largest absolute Gasteiger partial charge is 0.323 e. The lowest BCUT2D eigenvalue weighted by Crippen LogP contribution is -2.51. The van der Waals surface area contributed by atoms with Crippen LogP contribution in [0.1, 0.15) is 11.7 Å². The Morgan fingerprint density at radius 2 is 1.83 bits per heavy atom. The maximum Gasteiger partial charge on any atom is 0.322 e. The quantitative estimate of drug-likeness (QED) is 0.786. The van der Waals surface area contributed by atoms with Crippen LogP contribution < -0.4 is 5.32 Å². The van der Waals surface area contributed by atoms with Crippen molar-refractivity contribution in [2.45, 2.75) is 5.92 Å². The molecule has 1 N–H and O–H groups in total. The molecular formula is C16H13F2N5O. The Hall–Kier alpha value is -3.03. The average Bonchev–Trinajstić information content (AvgIpc) is 2.94. The second-order valence-electron chi connectivity index (χ2n) is 5.62. The van der Waals surface area contributed by atoms with E-state index in [-0.39, 0.29) is 5.92 Å². The smallest absolute Gasteiger partial charge is 0.322 e. The van der Waals surface area contributed by atoms with Crippen molar-refractivity contribution in [3.63, 3.8) is 0 Å². The number of likely N-dealkylation sites (tertiary alicyclic amines) is 1. The summed E-state index contributed by atoms with van der Waals surface area (Å²) in [5.41, 5.74) is 0.308. The normalized spacial score (nSPS) is 14.7. The van der Waals surface area contributed by atoms with Gasteiger partial charge in [-0.3, -0.25) is 4.40 Å². The predicted octanol–water partition coefficient (Wildman–Crippen LogP) is 2.64. The summed E-state index contributed by atoms with van der Waals surface area (Å²) >= 11 is 0. The number of nitrogens with zero attached hydrogens (tertiary/aromatic N) is 4. The second-order valence-corrected chi connectivity index (χ2v) is 5.62. The summed E-state index contributed by atoms with van der Waals surface area (Å²) in [5.74, 6) is -0.793. The molecule has 24 heavy (non-hydrogen) atoms. The molecule has 1 fully saturated rings. The highest BCUT2D eigenvalue weighted by molar-refractivity contribution is 5.90. The molecule has 1 saturated heterocycles. The van der Waals surface area contributed by atoms with Crippen molar-refractivity contribution in [1.29, 1.82) is 0 Å². The van der Waals surface area contributed by atoms with E-state index in [9.17, 15) is 13.6 Å². The standard InChI is InChI=1S/C16H13F2N5O/c17-11-4-3-5-12(18)14(11)19-16(24)22-8-10(9-22)15-21-20-13-6-1-2-7-23(13)15/h1-7,10H,8-9H2,(H,19,24). The van der Waals surface area contributed by atoms with Gasteiger partial charge in [0.2, 0.25) is 0 Å². The van der Waals surface area contributed by atoms with E-state index in [1.165, 1.54) is 11.0 Å². The average molecular weight is 329 g/mol. The first-order valence-electron chi connectivity index (χ1n) is 7.43. The molecule has 0 bridgehead atoms. The Kier molecular flexibility index (Phi) is 3.37. The summed E-state index contributed by atoms with van der Waals surface area (Å²) in [5, 5.41) is 10.5. The minimum Gasteiger partial charge on any atom is -0.323 e. The van der Waals surface area contributed by atoms with Crippen LogP contribution in [0.2, 0.25) is 0 Å². The number of hydrogen-bond acceptors (Lipinski definition) is 3. The summed E-state index contributed by atoms with van der Waals surface area (Å²) in [4.78, 5) is 13.6. The fourth-order valence-electron chi connectivity index (χ4n) is 2.75. The van der Waals surface area contributed by atoms with Crippen molar-refractivity contribution >= 4 is 17.4 Å². The van der Waals surface area contributed by atoms with Crippen molar-refractivity contribution in [3.8, 4) is 0 Å². The Balaban J connectivity index is 1.45. The highest BCUT2D eigenvalue weighted by Gasteiger charge is 2.35. The van der Waals surface area contributed by atoms with Crippen molar-refractivity contribution in [3.05, 3.63) is 60.1 Å². The number of hydrogen-bond donors (Lipinski definition) is 1. The lowest BCUT2D eigenvalue weighted by Gasteiger charge is -2.38. The molecule has 0 spiro atoms. The number of anilines is 1. The van der Waals surface area contributed by atoms with Crippen molar-refractivity contribution in [1.82, 2.24) is 19.5 Å². The zero-order valence-corrected chi connectivity index (χ0v) is 12.5. The van der Waals surface area contributed by atoms with E-state index in [0.717, 1.165) is 23.6 Å². The number of fused-ring (bicyclic) bond motifs is 1. The maximum atomic E-state index is 13.6. The van der Waals surface area contributed by atoms with Gasteiger partial charge in [-0.05, 0) is 24.3 Å². The van der Waals surface area contributed by atoms with Crippen LogP contribution in [0.5, 0.6) is 0 Å². The number of benzene rings is 1. The van der Waals surface area contributed by atoms with E-state index >= 15 is 0 Å². The van der Waals surface area contributed by atoms with Gasteiger partial charge >= 0.3 is 6.03 Å². The second kappa shape index (κ2) is 5.55. The molecule has 0 saturated carbocycles.